The van der Waals surface area contributed by atoms with E-state index in [9.17, 15) is 77.3 Å². The minimum Gasteiger partial charge on any atom is -0.387 e. The van der Waals surface area contributed by atoms with Crippen LogP contribution in [0, 0.1) is 0 Å². The summed E-state index contributed by atoms with van der Waals surface area (Å²) in [5.74, 6) is -0.726. The number of H-pyrrole nitrogens is 2. The number of hydrogen-bond acceptors (Lipinski definition) is 25. The first-order chi connectivity index (χ1) is 27.2. The highest BCUT2D eigenvalue weighted by molar-refractivity contribution is 7.71. The van der Waals surface area contributed by atoms with E-state index < -0.39 is 113 Å². The van der Waals surface area contributed by atoms with Gasteiger partial charge in [-0.15, -0.1) is 0 Å². The molecule has 40 heteroatoms. The summed E-state index contributed by atoms with van der Waals surface area (Å²) in [5, 5.41) is 41.8. The van der Waals surface area contributed by atoms with Crippen LogP contribution < -0.4 is 28.7 Å². The summed E-state index contributed by atoms with van der Waals surface area (Å²) >= 11 is 0. The fraction of sp³-hybridized carbons (Fsp3) is 0.500. The van der Waals surface area contributed by atoms with Gasteiger partial charge in [0.15, 0.2) is 34.8 Å². The number of aliphatic hydroxyl groups excluding tert-OH is 4. The molecular formula is C20H33N11O24P5+. The van der Waals surface area contributed by atoms with Gasteiger partial charge in [0, 0.05) is 0 Å². The molecule has 12 atom stereocenters. The van der Waals surface area contributed by atoms with Crippen molar-refractivity contribution in [3.05, 3.63) is 33.4 Å². The van der Waals surface area contributed by atoms with E-state index in [1.165, 1.54) is 0 Å². The van der Waals surface area contributed by atoms with Gasteiger partial charge in [-0.05, 0) is 0 Å². The number of rotatable bonds is 16. The maximum Gasteiger partial charge on any atom is 0.490 e. The third-order valence-corrected chi connectivity index (χ3v) is 15.3. The van der Waals surface area contributed by atoms with Crippen LogP contribution >= 0.6 is 39.1 Å². The van der Waals surface area contributed by atoms with Gasteiger partial charge in [-0.3, -0.25) is 37.7 Å². The molecule has 12 unspecified atom stereocenters. The molecule has 19 N–H and O–H groups in total. The van der Waals surface area contributed by atoms with Crippen molar-refractivity contribution < 1.29 is 103 Å². The first-order valence-corrected chi connectivity index (χ1v) is 22.9. The van der Waals surface area contributed by atoms with E-state index in [1.807, 2.05) is 0 Å². The summed E-state index contributed by atoms with van der Waals surface area (Å²) in [5.41, 5.74) is 8.51. The summed E-state index contributed by atoms with van der Waals surface area (Å²) in [4.78, 5) is 93.0. The molecule has 0 spiro atoms. The van der Waals surface area contributed by atoms with Crippen LogP contribution in [0.3, 0.4) is 0 Å². The second-order valence-electron chi connectivity index (χ2n) is 11.9. The SMILES string of the molecule is Nc1nc2c(ncn2C2OC(COP(=O)(O)OP(=O)(O)OP(=O)(O)OP(=O)(O)OP(=O)(O)OCC3OC(n4cnc5c(=O)[nH]c(N)nc54)C(O)C3O)C(O)C2O)c(=O)[nH]1.[NH4+]. The molecule has 4 aromatic heterocycles. The predicted molar refractivity (Wildman–Crippen MR) is 188 cm³/mol. The van der Waals surface area contributed by atoms with Crippen LogP contribution in [0.1, 0.15) is 12.5 Å². The molecule has 0 aliphatic carbocycles. The van der Waals surface area contributed by atoms with Gasteiger partial charge in [0.2, 0.25) is 11.9 Å². The molecule has 0 bridgehead atoms. The fourth-order valence-corrected chi connectivity index (χ4v) is 11.8. The van der Waals surface area contributed by atoms with E-state index >= 15 is 0 Å². The zero-order chi connectivity index (χ0) is 43.6. The molecule has 6 heterocycles. The number of aromatic amines is 2. The van der Waals surface area contributed by atoms with Gasteiger partial charge in [-0.25, -0.2) is 32.8 Å². The molecule has 0 aromatic carbocycles. The van der Waals surface area contributed by atoms with E-state index in [4.69, 9.17) is 20.9 Å². The van der Waals surface area contributed by atoms with Crippen molar-refractivity contribution >= 4 is 73.3 Å². The Labute approximate surface area is 329 Å². The van der Waals surface area contributed by atoms with E-state index in [-0.39, 0.29) is 40.4 Å². The zero-order valence-electron chi connectivity index (χ0n) is 29.4. The van der Waals surface area contributed by atoms with Gasteiger partial charge in [-0.2, -0.15) is 27.2 Å². The van der Waals surface area contributed by atoms with Crippen LogP contribution in [0.5, 0.6) is 0 Å². The molecular weight excluding hydrogens is 933 g/mol. The summed E-state index contributed by atoms with van der Waals surface area (Å²) in [6.45, 7) is -2.47. The van der Waals surface area contributed by atoms with Crippen LogP contribution in [0.15, 0.2) is 22.2 Å². The molecule has 2 aliphatic heterocycles. The van der Waals surface area contributed by atoms with Crippen LogP contribution in [0.25, 0.3) is 22.3 Å². The van der Waals surface area contributed by atoms with Crippen molar-refractivity contribution in [2.75, 3.05) is 24.7 Å². The zero-order valence-corrected chi connectivity index (χ0v) is 33.9. The number of anilines is 2. The normalized spacial score (nSPS) is 29.6. The maximum absolute atomic E-state index is 12.4. The number of imidazole rings is 2. The average Bonchev–Trinajstić information content (AvgIpc) is 3.82. The highest BCUT2D eigenvalue weighted by Crippen LogP contribution is 2.73. The minimum atomic E-state index is -6.49. The molecule has 0 amide bonds. The quantitative estimate of drug-likeness (QED) is 0.0487. The number of ether oxygens (including phenoxy) is 2. The summed E-state index contributed by atoms with van der Waals surface area (Å²) in [6, 6.07) is 0. The Balaban J connectivity index is 0.00000683. The van der Waals surface area contributed by atoms with Gasteiger partial charge < -0.3 is 72.0 Å². The largest absolute Gasteiger partial charge is 0.490 e. The molecule has 4 aromatic rings. The summed E-state index contributed by atoms with van der Waals surface area (Å²) in [7, 11) is -31.1. The second kappa shape index (κ2) is 17.1. The van der Waals surface area contributed by atoms with Crippen molar-refractivity contribution in [1.82, 2.24) is 45.2 Å². The summed E-state index contributed by atoms with van der Waals surface area (Å²) < 4.78 is 98.3. The summed E-state index contributed by atoms with van der Waals surface area (Å²) in [6.07, 6.45) is -12.3. The predicted octanol–water partition coefficient (Wildman–Crippen LogP) is -3.37. The topological polar surface area (TPSA) is 557 Å². The Kier molecular flexibility index (Phi) is 13.6. The number of aliphatic hydroxyl groups is 4. The van der Waals surface area contributed by atoms with Gasteiger partial charge in [-0.1, -0.05) is 0 Å². The molecule has 2 fully saturated rings. The number of fused-ring (bicyclic) bond motifs is 2. The fourth-order valence-electron chi connectivity index (χ4n) is 5.40. The molecule has 336 valence electrons. The van der Waals surface area contributed by atoms with Crippen molar-refractivity contribution in [2.45, 2.75) is 49.1 Å². The molecule has 60 heavy (non-hydrogen) atoms. The highest BCUT2D eigenvalue weighted by Gasteiger charge is 2.51. The lowest BCUT2D eigenvalue weighted by Gasteiger charge is -2.21. The van der Waals surface area contributed by atoms with Gasteiger partial charge in [0.25, 0.3) is 11.1 Å². The number of phosphoric ester groups is 2. The third-order valence-electron chi connectivity index (χ3n) is 7.75. The van der Waals surface area contributed by atoms with Gasteiger partial charge in [0.1, 0.15) is 36.6 Å². The molecule has 35 nitrogen and oxygen atoms in total. The number of phosphoric acid groups is 5. The van der Waals surface area contributed by atoms with Crippen LogP contribution in [-0.2, 0) is 58.6 Å². The molecule has 2 saturated heterocycles. The minimum absolute atomic E-state index is 0. The Morgan fingerprint density at radius 2 is 0.917 bits per heavy atom. The van der Waals surface area contributed by atoms with Gasteiger partial charge >= 0.3 is 39.1 Å². The number of quaternary nitrogens is 1. The second-order valence-corrected chi connectivity index (χ2v) is 19.7. The Hall–Kier alpha value is -3.27. The lowest BCUT2D eigenvalue weighted by Crippen LogP contribution is -2.33. The Bertz CT molecular complexity index is 2450. The van der Waals surface area contributed by atoms with Crippen molar-refractivity contribution in [2.24, 2.45) is 0 Å². The van der Waals surface area contributed by atoms with E-state index in [0.29, 0.717) is 0 Å². The van der Waals surface area contributed by atoms with Crippen LogP contribution in [0.2, 0.25) is 0 Å². The molecule has 6 rings (SSSR count). The van der Waals surface area contributed by atoms with E-state index in [0.717, 1.165) is 21.8 Å². The number of nitrogens with two attached hydrogens (primary N) is 2. The standard InChI is InChI=1S/C20H29N10O24P5.H3N/c21-19-25-13-7(15(35)27-19)23-3-29(13)17-11(33)9(31)5(49-17)1-47-55(37,38)51-57(41,42)53-59(45,46)54-58(43,44)52-56(39,40)48-2-6-10(32)12(34)18(50-6)30-4-24-8-14(30)26-20(22)28-16(8)36;/h3-6,9-12,17-18,31-34H,1-2H2,(H,37,38)(H,39,40)(H,41,42)(H,43,44)(H,45,46)(H3,21,25,27,35)(H3,22,26,28,36);1H3/p+1. The van der Waals surface area contributed by atoms with E-state index in [2.05, 4.69) is 56.2 Å². The number of nitrogens with one attached hydrogen (secondary N) is 2. The lowest BCUT2D eigenvalue weighted by molar-refractivity contribution is -0.0503. The van der Waals surface area contributed by atoms with Crippen LogP contribution in [0.4, 0.5) is 11.9 Å². The number of aromatic nitrogens is 8. The monoisotopic (exact) mass is 966 g/mol. The molecule has 0 saturated carbocycles. The van der Waals surface area contributed by atoms with Crippen LogP contribution in [-0.4, -0.2) is 134 Å². The lowest BCUT2D eigenvalue weighted by atomic mass is 10.1. The number of nitrogen functional groups attached to an aromatic ring is 2. The maximum atomic E-state index is 12.4. The highest BCUT2D eigenvalue weighted by atomic mass is 31.3. The third kappa shape index (κ3) is 10.5. The van der Waals surface area contributed by atoms with Crippen molar-refractivity contribution in [1.29, 1.82) is 0 Å². The Morgan fingerprint density at radius 3 is 1.25 bits per heavy atom. The smallest absolute Gasteiger partial charge is 0.387 e. The number of nitrogens with zero attached hydrogens (tertiary/aromatic N) is 6. The van der Waals surface area contributed by atoms with E-state index in [1.54, 1.807) is 0 Å². The molecule has 0 radical (unpaired) electrons. The first kappa shape index (κ1) is 47.8. The average molecular weight is 966 g/mol. The van der Waals surface area contributed by atoms with Gasteiger partial charge in [0.05, 0.1) is 25.9 Å². The first-order valence-electron chi connectivity index (χ1n) is 15.4. The number of hydrogen-bond donors (Lipinski definition) is 14. The van der Waals surface area contributed by atoms with Crippen molar-refractivity contribution in [3.8, 4) is 0 Å². The Morgan fingerprint density at radius 1 is 0.600 bits per heavy atom. The van der Waals surface area contributed by atoms with Crippen molar-refractivity contribution in [3.63, 3.8) is 0 Å². The molecule has 2 aliphatic rings.